The van der Waals surface area contributed by atoms with Crippen LogP contribution >= 0.6 is 0 Å². The zero-order valence-corrected chi connectivity index (χ0v) is 11.8. The van der Waals surface area contributed by atoms with E-state index in [1.807, 2.05) is 0 Å². The van der Waals surface area contributed by atoms with Crippen LogP contribution in [0.3, 0.4) is 0 Å². The Morgan fingerprint density at radius 3 is 3.00 bits per heavy atom. The number of nitrogens with one attached hydrogen (secondary N) is 2. The summed E-state index contributed by atoms with van der Waals surface area (Å²) in [5, 5.41) is 10.3. The molecule has 0 aliphatic carbocycles. The summed E-state index contributed by atoms with van der Waals surface area (Å²) in [5.41, 5.74) is 1.45. The molecule has 1 atom stereocenters. The predicted octanol–water partition coefficient (Wildman–Crippen LogP) is 1.41. The lowest BCUT2D eigenvalue weighted by atomic mass is 10.2. The molecule has 0 saturated carbocycles. The molecule has 1 saturated heterocycles. The first-order valence-electron chi connectivity index (χ1n) is 6.98. The van der Waals surface area contributed by atoms with Gasteiger partial charge in [-0.3, -0.25) is 4.79 Å². The van der Waals surface area contributed by atoms with E-state index < -0.39 is 0 Å². The number of halogens is 1. The van der Waals surface area contributed by atoms with E-state index in [1.54, 1.807) is 25.1 Å². The van der Waals surface area contributed by atoms with E-state index >= 15 is 0 Å². The highest BCUT2D eigenvalue weighted by Gasteiger charge is 2.21. The molecular weight excluding hydrogens is 271 g/mol. The number of nitrogens with zero attached hydrogens (tertiary/aromatic N) is 2. The number of aromatic nitrogens is 2. The lowest BCUT2D eigenvalue weighted by Gasteiger charge is -2.11. The van der Waals surface area contributed by atoms with Gasteiger partial charge < -0.3 is 10.6 Å². The molecule has 0 radical (unpaired) electrons. The zero-order valence-electron chi connectivity index (χ0n) is 11.8. The highest BCUT2D eigenvalue weighted by atomic mass is 19.1. The van der Waals surface area contributed by atoms with Crippen molar-refractivity contribution >= 4 is 5.91 Å². The van der Waals surface area contributed by atoms with Gasteiger partial charge in [-0.05, 0) is 32.0 Å². The molecule has 0 spiro atoms. The van der Waals surface area contributed by atoms with Crippen LogP contribution in [-0.2, 0) is 0 Å². The molecule has 1 unspecified atom stereocenters. The molecule has 0 bridgehead atoms. The van der Waals surface area contributed by atoms with Gasteiger partial charge >= 0.3 is 0 Å². The van der Waals surface area contributed by atoms with Gasteiger partial charge in [0.25, 0.3) is 5.91 Å². The van der Waals surface area contributed by atoms with Gasteiger partial charge in [0, 0.05) is 12.6 Å². The van der Waals surface area contributed by atoms with Crippen molar-refractivity contribution in [3.05, 3.63) is 47.5 Å². The lowest BCUT2D eigenvalue weighted by molar-refractivity contribution is 0.0939. The molecule has 1 aliphatic rings. The molecule has 21 heavy (non-hydrogen) atoms. The summed E-state index contributed by atoms with van der Waals surface area (Å²) in [6.07, 6.45) is 2.41. The average molecular weight is 288 g/mol. The third-order valence-corrected chi connectivity index (χ3v) is 3.73. The summed E-state index contributed by atoms with van der Waals surface area (Å²) in [7, 11) is 0. The van der Waals surface area contributed by atoms with Crippen molar-refractivity contribution in [3.63, 3.8) is 0 Å². The van der Waals surface area contributed by atoms with E-state index in [9.17, 15) is 9.18 Å². The zero-order chi connectivity index (χ0) is 14.8. The van der Waals surface area contributed by atoms with Gasteiger partial charge in [-0.25, -0.2) is 9.07 Å². The summed E-state index contributed by atoms with van der Waals surface area (Å²) in [6, 6.07) is 6.52. The van der Waals surface area contributed by atoms with Crippen molar-refractivity contribution in [1.29, 1.82) is 0 Å². The van der Waals surface area contributed by atoms with Gasteiger partial charge in [-0.2, -0.15) is 5.10 Å². The highest BCUT2D eigenvalue weighted by Crippen LogP contribution is 2.17. The smallest absolute Gasteiger partial charge is 0.255 e. The first kappa shape index (κ1) is 13.8. The van der Waals surface area contributed by atoms with Crippen LogP contribution in [0.15, 0.2) is 30.5 Å². The van der Waals surface area contributed by atoms with Crippen molar-refractivity contribution in [2.24, 2.45) is 0 Å². The Morgan fingerprint density at radius 1 is 1.48 bits per heavy atom. The Balaban J connectivity index is 1.85. The topological polar surface area (TPSA) is 59.0 Å². The van der Waals surface area contributed by atoms with E-state index in [2.05, 4.69) is 15.7 Å². The minimum Gasteiger partial charge on any atom is -0.348 e. The minimum absolute atomic E-state index is 0.147. The number of benzene rings is 1. The second-order valence-electron chi connectivity index (χ2n) is 5.17. The van der Waals surface area contributed by atoms with Crippen molar-refractivity contribution in [3.8, 4) is 5.69 Å². The third kappa shape index (κ3) is 2.67. The summed E-state index contributed by atoms with van der Waals surface area (Å²) in [6.45, 7) is 3.46. The van der Waals surface area contributed by atoms with Gasteiger partial charge in [0.1, 0.15) is 11.5 Å². The fraction of sp³-hybridized carbons (Fsp3) is 0.333. The van der Waals surface area contributed by atoms with Crippen LogP contribution in [0, 0.1) is 12.7 Å². The van der Waals surface area contributed by atoms with Crippen molar-refractivity contribution in [1.82, 2.24) is 20.4 Å². The van der Waals surface area contributed by atoms with E-state index in [1.165, 1.54) is 16.9 Å². The number of hydrogen-bond acceptors (Lipinski definition) is 3. The maximum Gasteiger partial charge on any atom is 0.255 e. The normalized spacial score (nSPS) is 17.9. The Morgan fingerprint density at radius 2 is 2.29 bits per heavy atom. The Hall–Kier alpha value is -2.21. The van der Waals surface area contributed by atoms with Crippen LogP contribution in [0.25, 0.3) is 5.69 Å². The summed E-state index contributed by atoms with van der Waals surface area (Å²) in [4.78, 5) is 12.3. The van der Waals surface area contributed by atoms with E-state index in [0.29, 0.717) is 16.9 Å². The molecule has 110 valence electrons. The molecular formula is C15H17FN4O. The largest absolute Gasteiger partial charge is 0.348 e. The van der Waals surface area contributed by atoms with Crippen LogP contribution in [0.5, 0.6) is 0 Å². The van der Waals surface area contributed by atoms with Gasteiger partial charge in [0.2, 0.25) is 0 Å². The van der Waals surface area contributed by atoms with Gasteiger partial charge in [-0.1, -0.05) is 12.1 Å². The summed E-state index contributed by atoms with van der Waals surface area (Å²) >= 11 is 0. The Kier molecular flexibility index (Phi) is 3.70. The number of rotatable bonds is 3. The number of carbonyl (C=O) groups excluding carboxylic acids is 1. The van der Waals surface area contributed by atoms with Crippen molar-refractivity contribution in [2.75, 3.05) is 13.1 Å². The number of para-hydroxylation sites is 1. The number of carbonyl (C=O) groups is 1. The van der Waals surface area contributed by atoms with Gasteiger partial charge in [0.15, 0.2) is 0 Å². The molecule has 1 aromatic heterocycles. The average Bonchev–Trinajstić information content (AvgIpc) is 3.09. The third-order valence-electron chi connectivity index (χ3n) is 3.73. The SMILES string of the molecule is Cc1c(C(=O)NC2CCNC2)cnn1-c1ccccc1F. The molecule has 2 heterocycles. The van der Waals surface area contributed by atoms with Gasteiger partial charge in [-0.15, -0.1) is 0 Å². The standard InChI is InChI=1S/C15H17FN4O/c1-10-12(15(21)19-11-6-7-17-8-11)9-18-20(10)14-5-3-2-4-13(14)16/h2-5,9,11,17H,6-8H2,1H3,(H,19,21). The molecule has 1 aromatic carbocycles. The highest BCUT2D eigenvalue weighted by molar-refractivity contribution is 5.95. The maximum absolute atomic E-state index is 13.8. The monoisotopic (exact) mass is 288 g/mol. The van der Waals surface area contributed by atoms with E-state index in [4.69, 9.17) is 0 Å². The molecule has 1 aliphatic heterocycles. The van der Waals surface area contributed by atoms with Crippen LogP contribution < -0.4 is 10.6 Å². The maximum atomic E-state index is 13.8. The molecule has 1 fully saturated rings. The Bertz CT molecular complexity index is 661. The number of amides is 1. The van der Waals surface area contributed by atoms with E-state index in [0.717, 1.165) is 19.5 Å². The van der Waals surface area contributed by atoms with Crippen LogP contribution in [-0.4, -0.2) is 34.8 Å². The lowest BCUT2D eigenvalue weighted by Crippen LogP contribution is -2.36. The van der Waals surface area contributed by atoms with Crippen LogP contribution in [0.2, 0.25) is 0 Å². The Labute approximate surface area is 122 Å². The first-order chi connectivity index (χ1) is 10.2. The van der Waals surface area contributed by atoms with Gasteiger partial charge in [0.05, 0.1) is 17.5 Å². The molecule has 3 rings (SSSR count). The van der Waals surface area contributed by atoms with Crippen molar-refractivity contribution in [2.45, 2.75) is 19.4 Å². The molecule has 1 amide bonds. The van der Waals surface area contributed by atoms with E-state index in [-0.39, 0.29) is 17.8 Å². The van der Waals surface area contributed by atoms with Crippen molar-refractivity contribution < 1.29 is 9.18 Å². The fourth-order valence-electron chi connectivity index (χ4n) is 2.54. The predicted molar refractivity (Wildman–Crippen MR) is 77.0 cm³/mol. The molecule has 2 N–H and O–H groups in total. The second-order valence-corrected chi connectivity index (χ2v) is 5.17. The summed E-state index contributed by atoms with van der Waals surface area (Å²) < 4.78 is 15.3. The first-order valence-corrected chi connectivity index (χ1v) is 6.98. The van der Waals surface area contributed by atoms with Crippen LogP contribution in [0.1, 0.15) is 22.5 Å². The minimum atomic E-state index is -0.365. The molecule has 5 nitrogen and oxygen atoms in total. The fourth-order valence-corrected chi connectivity index (χ4v) is 2.54. The molecule has 6 heteroatoms. The number of hydrogen-bond donors (Lipinski definition) is 2. The summed E-state index contributed by atoms with van der Waals surface area (Å²) in [5.74, 6) is -0.528. The molecule has 2 aromatic rings. The van der Waals surface area contributed by atoms with Crippen LogP contribution in [0.4, 0.5) is 4.39 Å². The quantitative estimate of drug-likeness (QED) is 0.898. The second kappa shape index (κ2) is 5.65.